The maximum atomic E-state index is 13.3. The van der Waals surface area contributed by atoms with Crippen molar-refractivity contribution in [2.24, 2.45) is 0 Å². The molecule has 1 aliphatic heterocycles. The topological polar surface area (TPSA) is 66.4 Å². The van der Waals surface area contributed by atoms with Gasteiger partial charge in [0.25, 0.3) is 0 Å². The Morgan fingerprint density at radius 2 is 1.83 bits per heavy atom. The van der Waals surface area contributed by atoms with Gasteiger partial charge < -0.3 is 10.4 Å². The van der Waals surface area contributed by atoms with Crippen LogP contribution in [-0.4, -0.2) is 37.2 Å². The maximum absolute atomic E-state index is 13.3. The van der Waals surface area contributed by atoms with Crippen molar-refractivity contribution in [3.05, 3.63) is 29.6 Å². The lowest BCUT2D eigenvalue weighted by molar-refractivity contribution is 0.190. The fourth-order valence-corrected chi connectivity index (χ4v) is 3.55. The highest BCUT2D eigenvalue weighted by molar-refractivity contribution is 7.91. The molecule has 1 aliphatic rings. The molecule has 1 aromatic carbocycles. The molecule has 1 fully saturated rings. The molecule has 0 spiro atoms. The summed E-state index contributed by atoms with van der Waals surface area (Å²) in [6, 6.07) is 0.733. The summed E-state index contributed by atoms with van der Waals surface area (Å²) in [7, 11) is -3.40. The third kappa shape index (κ3) is 2.44. The van der Waals surface area contributed by atoms with Crippen molar-refractivity contribution in [1.29, 1.82) is 0 Å². The Bertz CT molecular complexity index is 576. The van der Waals surface area contributed by atoms with E-state index in [0.717, 1.165) is 12.1 Å². The largest absolute Gasteiger partial charge is 0.390 e. The van der Waals surface area contributed by atoms with E-state index in [-0.39, 0.29) is 11.4 Å². The van der Waals surface area contributed by atoms with E-state index in [1.54, 1.807) is 0 Å². The van der Waals surface area contributed by atoms with Crippen LogP contribution in [0, 0.1) is 17.5 Å². The van der Waals surface area contributed by atoms with Crippen LogP contribution in [0.25, 0.3) is 0 Å². The van der Waals surface area contributed by atoms with E-state index in [9.17, 15) is 26.7 Å². The normalized spacial score (nSPS) is 26.2. The Morgan fingerprint density at radius 1 is 1.17 bits per heavy atom. The number of sulfone groups is 1. The van der Waals surface area contributed by atoms with E-state index in [0.29, 0.717) is 0 Å². The van der Waals surface area contributed by atoms with Gasteiger partial charge in [0.2, 0.25) is 0 Å². The predicted molar refractivity (Wildman–Crippen MR) is 58.4 cm³/mol. The van der Waals surface area contributed by atoms with Crippen molar-refractivity contribution in [3.8, 4) is 0 Å². The minimum Gasteiger partial charge on any atom is -0.390 e. The van der Waals surface area contributed by atoms with E-state index < -0.39 is 45.2 Å². The average Bonchev–Trinajstić information content (AvgIpc) is 2.53. The number of rotatable bonds is 2. The molecule has 1 aromatic rings. The number of aliphatic hydroxyl groups excluding tert-OH is 1. The number of hydrogen-bond acceptors (Lipinski definition) is 4. The third-order valence-corrected chi connectivity index (χ3v) is 4.42. The Hall–Kier alpha value is -1.28. The lowest BCUT2D eigenvalue weighted by Gasteiger charge is -2.16. The molecule has 1 saturated heterocycles. The van der Waals surface area contributed by atoms with Gasteiger partial charge in [-0.25, -0.2) is 21.6 Å². The van der Waals surface area contributed by atoms with Gasteiger partial charge >= 0.3 is 0 Å². The molecule has 2 unspecified atom stereocenters. The standard InChI is InChI=1S/C10H10F3NO3S/c11-5-1-2-6(10(13)9(5)12)14-7-3-18(16,17)4-8(7)15/h1-2,7-8,14-15H,3-4H2. The highest BCUT2D eigenvalue weighted by Gasteiger charge is 2.36. The Kier molecular flexibility index (Phi) is 3.24. The lowest BCUT2D eigenvalue weighted by atomic mass is 10.2. The van der Waals surface area contributed by atoms with E-state index in [1.807, 2.05) is 0 Å². The minimum atomic E-state index is -3.40. The van der Waals surface area contributed by atoms with E-state index in [2.05, 4.69) is 5.32 Å². The van der Waals surface area contributed by atoms with E-state index in [4.69, 9.17) is 0 Å². The molecule has 100 valence electrons. The van der Waals surface area contributed by atoms with Crippen molar-refractivity contribution >= 4 is 15.5 Å². The molecule has 0 bridgehead atoms. The van der Waals surface area contributed by atoms with Gasteiger partial charge in [0.15, 0.2) is 27.3 Å². The first kappa shape index (κ1) is 13.2. The summed E-state index contributed by atoms with van der Waals surface area (Å²) in [5, 5.41) is 11.8. The molecule has 18 heavy (non-hydrogen) atoms. The van der Waals surface area contributed by atoms with Crippen molar-refractivity contribution in [1.82, 2.24) is 0 Å². The Morgan fingerprint density at radius 3 is 2.39 bits per heavy atom. The van der Waals surface area contributed by atoms with Gasteiger partial charge in [0.1, 0.15) is 0 Å². The molecular formula is C10H10F3NO3S. The monoisotopic (exact) mass is 281 g/mol. The third-order valence-electron chi connectivity index (χ3n) is 2.70. The first-order valence-electron chi connectivity index (χ1n) is 5.09. The zero-order valence-electron chi connectivity index (χ0n) is 9.03. The van der Waals surface area contributed by atoms with Crippen molar-refractivity contribution in [3.63, 3.8) is 0 Å². The summed E-state index contributed by atoms with van der Waals surface area (Å²) in [6.45, 7) is 0. The first-order valence-corrected chi connectivity index (χ1v) is 6.91. The van der Waals surface area contributed by atoms with Gasteiger partial charge in [-0.3, -0.25) is 0 Å². The highest BCUT2D eigenvalue weighted by Crippen LogP contribution is 2.23. The summed E-state index contributed by atoms with van der Waals surface area (Å²) in [6.07, 6.45) is -1.21. The summed E-state index contributed by atoms with van der Waals surface area (Å²) in [5.74, 6) is -5.23. The molecule has 1 heterocycles. The molecule has 0 aromatic heterocycles. The van der Waals surface area contributed by atoms with Gasteiger partial charge in [0.05, 0.1) is 29.3 Å². The van der Waals surface area contributed by atoms with Crippen LogP contribution in [0.5, 0.6) is 0 Å². The number of nitrogens with one attached hydrogen (secondary N) is 1. The van der Waals surface area contributed by atoms with Gasteiger partial charge in [0, 0.05) is 0 Å². The second-order valence-corrected chi connectivity index (χ2v) is 6.27. The number of halogens is 3. The zero-order valence-corrected chi connectivity index (χ0v) is 9.85. The van der Waals surface area contributed by atoms with Crippen LogP contribution in [0.2, 0.25) is 0 Å². The van der Waals surface area contributed by atoms with Crippen molar-refractivity contribution in [2.75, 3.05) is 16.8 Å². The molecule has 2 N–H and O–H groups in total. The van der Waals surface area contributed by atoms with E-state index >= 15 is 0 Å². The van der Waals surface area contributed by atoms with Crippen LogP contribution < -0.4 is 5.32 Å². The molecule has 0 saturated carbocycles. The predicted octanol–water partition coefficient (Wildman–Crippen LogP) is 0.674. The van der Waals surface area contributed by atoms with Gasteiger partial charge in [-0.2, -0.15) is 0 Å². The number of hydrogen-bond donors (Lipinski definition) is 2. The maximum Gasteiger partial charge on any atom is 0.196 e. The lowest BCUT2D eigenvalue weighted by Crippen LogP contribution is -2.32. The fourth-order valence-electron chi connectivity index (χ4n) is 1.80. The quantitative estimate of drug-likeness (QED) is 0.782. The Labute approximate surface area is 101 Å². The number of anilines is 1. The van der Waals surface area contributed by atoms with Gasteiger partial charge in [-0.15, -0.1) is 0 Å². The van der Waals surface area contributed by atoms with Crippen LogP contribution in [0.15, 0.2) is 12.1 Å². The van der Waals surface area contributed by atoms with Crippen LogP contribution in [0.3, 0.4) is 0 Å². The van der Waals surface area contributed by atoms with Crippen molar-refractivity contribution in [2.45, 2.75) is 12.1 Å². The molecule has 8 heteroatoms. The molecule has 0 radical (unpaired) electrons. The second kappa shape index (κ2) is 4.43. The molecular weight excluding hydrogens is 271 g/mol. The van der Waals surface area contributed by atoms with Crippen LogP contribution >= 0.6 is 0 Å². The first-order chi connectivity index (χ1) is 8.30. The summed E-state index contributed by atoms with van der Waals surface area (Å²) in [4.78, 5) is 0. The average molecular weight is 281 g/mol. The van der Waals surface area contributed by atoms with Gasteiger partial charge in [-0.05, 0) is 12.1 Å². The zero-order chi connectivity index (χ0) is 13.5. The molecule has 2 atom stereocenters. The SMILES string of the molecule is O=S1(=O)CC(O)C(Nc2ccc(F)c(F)c2F)C1. The molecule has 0 aliphatic carbocycles. The minimum absolute atomic E-state index is 0.380. The second-order valence-electron chi connectivity index (χ2n) is 4.12. The van der Waals surface area contributed by atoms with Gasteiger partial charge in [-0.1, -0.05) is 0 Å². The smallest absolute Gasteiger partial charge is 0.196 e. The molecule has 4 nitrogen and oxygen atoms in total. The van der Waals surface area contributed by atoms with E-state index in [1.165, 1.54) is 0 Å². The summed E-state index contributed by atoms with van der Waals surface area (Å²) < 4.78 is 61.4. The Balaban J connectivity index is 2.23. The summed E-state index contributed by atoms with van der Waals surface area (Å²) >= 11 is 0. The highest BCUT2D eigenvalue weighted by atomic mass is 32.2. The van der Waals surface area contributed by atoms with Crippen LogP contribution in [0.1, 0.15) is 0 Å². The number of benzene rings is 1. The fraction of sp³-hybridized carbons (Fsp3) is 0.400. The van der Waals surface area contributed by atoms with Crippen LogP contribution in [0.4, 0.5) is 18.9 Å². The molecule has 0 amide bonds. The van der Waals surface area contributed by atoms with Crippen molar-refractivity contribution < 1.29 is 26.7 Å². The van der Waals surface area contributed by atoms with Crippen LogP contribution in [-0.2, 0) is 9.84 Å². The summed E-state index contributed by atoms with van der Waals surface area (Å²) in [5.41, 5.74) is -0.380. The molecule has 2 rings (SSSR count). The number of aliphatic hydroxyl groups is 1.